The molecule has 9 heteroatoms. The molecule has 0 saturated heterocycles. The molecule has 1 aromatic rings. The van der Waals surface area contributed by atoms with Gasteiger partial charge in [0.25, 0.3) is 0 Å². The molecule has 0 unspecified atom stereocenters. The predicted octanol–water partition coefficient (Wildman–Crippen LogP) is 2.57. The molecule has 2 N–H and O–H groups in total. The van der Waals surface area contributed by atoms with Crippen molar-refractivity contribution in [2.24, 2.45) is 0 Å². The molecular weight excluding hydrogens is 252 g/mol. The van der Waals surface area contributed by atoms with E-state index in [2.05, 4.69) is 4.98 Å². The highest BCUT2D eigenvalue weighted by Gasteiger charge is 2.43. The second kappa shape index (κ2) is 3.80. The van der Waals surface area contributed by atoms with Crippen LogP contribution in [0.3, 0.4) is 0 Å². The monoisotopic (exact) mass is 255 g/mol. The number of hydrogen-bond acceptors (Lipinski definition) is 3. The van der Waals surface area contributed by atoms with Crippen LogP contribution >= 0.6 is 0 Å². The van der Waals surface area contributed by atoms with E-state index < -0.39 is 34.9 Å². The van der Waals surface area contributed by atoms with Crippen molar-refractivity contribution in [3.8, 4) is 6.07 Å². The van der Waals surface area contributed by atoms with Gasteiger partial charge in [0.05, 0.1) is 23.0 Å². The minimum absolute atomic E-state index is 0.229. The predicted molar refractivity (Wildman–Crippen MR) is 43.4 cm³/mol. The summed E-state index contributed by atoms with van der Waals surface area (Å²) in [5.74, 6) is 0. The number of hydrogen-bond donors (Lipinski definition) is 1. The van der Waals surface area contributed by atoms with E-state index in [1.165, 1.54) is 0 Å². The van der Waals surface area contributed by atoms with Gasteiger partial charge in [-0.1, -0.05) is 0 Å². The van der Waals surface area contributed by atoms with E-state index in [0.29, 0.717) is 0 Å². The van der Waals surface area contributed by atoms with E-state index in [-0.39, 0.29) is 6.20 Å². The standard InChI is InChI=1S/C8H3F6N3/c9-7(10,11)5-3(1-15)6(8(12,13)14)17-2-4(5)16/h2H,16H2. The summed E-state index contributed by atoms with van der Waals surface area (Å²) >= 11 is 0. The van der Waals surface area contributed by atoms with Crippen molar-refractivity contribution in [1.82, 2.24) is 4.98 Å². The Balaban J connectivity index is 3.68. The molecule has 0 fully saturated rings. The molecule has 1 aromatic heterocycles. The molecule has 0 bridgehead atoms. The average Bonchev–Trinajstić information content (AvgIpc) is 2.12. The highest BCUT2D eigenvalue weighted by atomic mass is 19.4. The van der Waals surface area contributed by atoms with Gasteiger partial charge < -0.3 is 5.73 Å². The Morgan fingerprint density at radius 2 is 1.65 bits per heavy atom. The number of nitrogen functional groups attached to an aromatic ring is 1. The molecule has 0 aliphatic rings. The maximum atomic E-state index is 12.4. The Hall–Kier alpha value is -1.98. The number of nitrogens with zero attached hydrogens (tertiary/aromatic N) is 2. The van der Waals surface area contributed by atoms with Crippen molar-refractivity contribution in [3.05, 3.63) is 23.0 Å². The molecule has 0 atom stereocenters. The van der Waals surface area contributed by atoms with Crippen LogP contribution in [-0.4, -0.2) is 4.98 Å². The normalized spacial score (nSPS) is 12.3. The molecule has 0 aromatic carbocycles. The van der Waals surface area contributed by atoms with Crippen molar-refractivity contribution in [3.63, 3.8) is 0 Å². The van der Waals surface area contributed by atoms with E-state index in [1.807, 2.05) is 0 Å². The van der Waals surface area contributed by atoms with E-state index in [1.54, 1.807) is 0 Å². The van der Waals surface area contributed by atoms with Crippen LogP contribution in [0.1, 0.15) is 16.8 Å². The van der Waals surface area contributed by atoms with Crippen LogP contribution in [-0.2, 0) is 12.4 Å². The summed E-state index contributed by atoms with van der Waals surface area (Å²) in [6.07, 6.45) is -10.1. The van der Waals surface area contributed by atoms with E-state index >= 15 is 0 Å². The van der Waals surface area contributed by atoms with Gasteiger partial charge in [0.1, 0.15) is 6.07 Å². The van der Waals surface area contributed by atoms with E-state index in [9.17, 15) is 26.3 Å². The number of rotatable bonds is 0. The van der Waals surface area contributed by atoms with Crippen molar-refractivity contribution < 1.29 is 26.3 Å². The maximum Gasteiger partial charge on any atom is 0.434 e. The summed E-state index contributed by atoms with van der Waals surface area (Å²) in [4.78, 5) is 2.72. The van der Waals surface area contributed by atoms with Crippen molar-refractivity contribution in [2.75, 3.05) is 5.73 Å². The van der Waals surface area contributed by atoms with Gasteiger partial charge >= 0.3 is 12.4 Å². The number of anilines is 1. The second-order valence-corrected chi connectivity index (χ2v) is 2.92. The molecular formula is C8H3F6N3. The summed E-state index contributed by atoms with van der Waals surface area (Å²) in [5.41, 5.74) is -1.47. The van der Waals surface area contributed by atoms with Gasteiger partial charge in [-0.15, -0.1) is 0 Å². The summed E-state index contributed by atoms with van der Waals surface area (Å²) in [6, 6.07) is 0.836. The summed E-state index contributed by atoms with van der Waals surface area (Å²) in [7, 11) is 0. The Morgan fingerprint density at radius 3 is 2.00 bits per heavy atom. The minimum Gasteiger partial charge on any atom is -0.397 e. The molecule has 0 aliphatic carbocycles. The van der Waals surface area contributed by atoms with Gasteiger partial charge in [-0.2, -0.15) is 31.6 Å². The molecule has 3 nitrogen and oxygen atoms in total. The van der Waals surface area contributed by atoms with E-state index in [0.717, 1.165) is 6.07 Å². The van der Waals surface area contributed by atoms with Crippen molar-refractivity contribution >= 4 is 5.69 Å². The van der Waals surface area contributed by atoms with Crippen LogP contribution in [0.15, 0.2) is 6.20 Å². The van der Waals surface area contributed by atoms with E-state index in [4.69, 9.17) is 11.0 Å². The number of pyridine rings is 1. The van der Waals surface area contributed by atoms with Gasteiger partial charge in [0, 0.05) is 0 Å². The number of alkyl halides is 6. The smallest absolute Gasteiger partial charge is 0.397 e. The molecule has 0 radical (unpaired) electrons. The third-order valence-electron chi connectivity index (χ3n) is 1.77. The first-order chi connectivity index (χ1) is 7.59. The maximum absolute atomic E-state index is 12.4. The third-order valence-corrected chi connectivity index (χ3v) is 1.77. The lowest BCUT2D eigenvalue weighted by Crippen LogP contribution is -2.19. The SMILES string of the molecule is N#Cc1c(C(F)(F)F)ncc(N)c1C(F)(F)F. The number of halogens is 6. The zero-order valence-electron chi connectivity index (χ0n) is 7.82. The molecule has 0 amide bonds. The number of aromatic nitrogens is 1. The van der Waals surface area contributed by atoms with Gasteiger partial charge in [0.2, 0.25) is 0 Å². The van der Waals surface area contributed by atoms with Crippen LogP contribution < -0.4 is 5.73 Å². The first-order valence-corrected chi connectivity index (χ1v) is 3.92. The van der Waals surface area contributed by atoms with Crippen molar-refractivity contribution in [1.29, 1.82) is 5.26 Å². The molecule has 0 aliphatic heterocycles. The largest absolute Gasteiger partial charge is 0.434 e. The topological polar surface area (TPSA) is 62.7 Å². The first kappa shape index (κ1) is 13.1. The lowest BCUT2D eigenvalue weighted by Gasteiger charge is -2.15. The lowest BCUT2D eigenvalue weighted by molar-refractivity contribution is -0.145. The average molecular weight is 255 g/mol. The van der Waals surface area contributed by atoms with Crippen LogP contribution in [0.5, 0.6) is 0 Å². The Labute approximate surface area is 90.5 Å². The Morgan fingerprint density at radius 1 is 1.12 bits per heavy atom. The quantitative estimate of drug-likeness (QED) is 0.724. The molecule has 17 heavy (non-hydrogen) atoms. The van der Waals surface area contributed by atoms with Gasteiger partial charge in [-0.25, -0.2) is 4.98 Å². The fraction of sp³-hybridized carbons (Fsp3) is 0.250. The highest BCUT2D eigenvalue weighted by molar-refractivity contribution is 5.57. The van der Waals surface area contributed by atoms with Crippen LogP contribution in [0.25, 0.3) is 0 Å². The highest BCUT2D eigenvalue weighted by Crippen LogP contribution is 2.40. The zero-order chi connectivity index (χ0) is 13.4. The zero-order valence-corrected chi connectivity index (χ0v) is 7.82. The fourth-order valence-electron chi connectivity index (χ4n) is 1.16. The third kappa shape index (κ3) is 2.41. The summed E-state index contributed by atoms with van der Waals surface area (Å²) in [6.45, 7) is 0. The summed E-state index contributed by atoms with van der Waals surface area (Å²) in [5, 5.41) is 8.40. The van der Waals surface area contributed by atoms with Gasteiger partial charge in [-0.3, -0.25) is 0 Å². The number of nitrogens with two attached hydrogens (primary N) is 1. The van der Waals surface area contributed by atoms with Gasteiger partial charge in [-0.05, 0) is 0 Å². The van der Waals surface area contributed by atoms with Crippen LogP contribution in [0.2, 0.25) is 0 Å². The molecule has 1 heterocycles. The van der Waals surface area contributed by atoms with Crippen molar-refractivity contribution in [2.45, 2.75) is 12.4 Å². The molecule has 1 rings (SSSR count). The molecule has 0 spiro atoms. The van der Waals surface area contributed by atoms with Crippen LogP contribution in [0, 0.1) is 11.3 Å². The first-order valence-electron chi connectivity index (χ1n) is 3.92. The molecule has 92 valence electrons. The lowest BCUT2D eigenvalue weighted by atomic mass is 10.1. The minimum atomic E-state index is -5.15. The second-order valence-electron chi connectivity index (χ2n) is 2.92. The van der Waals surface area contributed by atoms with Gasteiger partial charge in [0.15, 0.2) is 5.69 Å². The number of nitriles is 1. The summed E-state index contributed by atoms with van der Waals surface area (Å²) < 4.78 is 74.3. The fourth-order valence-corrected chi connectivity index (χ4v) is 1.16. The Bertz CT molecular complexity index is 482. The Kier molecular flexibility index (Phi) is 2.92. The molecule has 0 saturated carbocycles. The van der Waals surface area contributed by atoms with Crippen LogP contribution in [0.4, 0.5) is 32.0 Å².